The molecule has 0 saturated carbocycles. The van der Waals surface area contributed by atoms with Crippen molar-refractivity contribution in [3.8, 4) is 5.75 Å². The third kappa shape index (κ3) is 3.41. The molecular formula is C18H14BrF3N2O2. The van der Waals surface area contributed by atoms with Crippen LogP contribution in [0.5, 0.6) is 5.75 Å². The minimum atomic E-state index is -4.82. The summed E-state index contributed by atoms with van der Waals surface area (Å²) in [6.45, 7) is 3.68. The summed E-state index contributed by atoms with van der Waals surface area (Å²) in [5.74, 6) is -0.776. The number of para-hydroxylation sites is 1. The molecule has 0 spiro atoms. The number of amides is 1. The second-order valence-corrected chi connectivity index (χ2v) is 6.57. The van der Waals surface area contributed by atoms with Gasteiger partial charge in [0.25, 0.3) is 5.91 Å². The number of carbonyl (C=O) groups is 1. The number of fused-ring (bicyclic) bond motifs is 1. The molecule has 2 aromatic rings. The second kappa shape index (κ2) is 6.68. The highest BCUT2D eigenvalue weighted by Crippen LogP contribution is 2.44. The molecule has 3 rings (SSSR count). The van der Waals surface area contributed by atoms with Crippen molar-refractivity contribution in [1.82, 2.24) is 0 Å². The SMILES string of the molecule is C=CCC1(Nc2ccccc2Br)C(=O)Nc2ccc(OC(F)(F)F)cc21. The Morgan fingerprint density at radius 3 is 2.65 bits per heavy atom. The van der Waals surface area contributed by atoms with Crippen LogP contribution in [0.2, 0.25) is 0 Å². The molecular weight excluding hydrogens is 413 g/mol. The summed E-state index contributed by atoms with van der Waals surface area (Å²) >= 11 is 3.40. The van der Waals surface area contributed by atoms with Gasteiger partial charge in [-0.15, -0.1) is 19.8 Å². The number of rotatable bonds is 5. The van der Waals surface area contributed by atoms with Crippen LogP contribution in [0.3, 0.4) is 0 Å². The van der Waals surface area contributed by atoms with E-state index in [1.54, 1.807) is 18.2 Å². The number of anilines is 2. The molecule has 1 unspecified atom stereocenters. The van der Waals surface area contributed by atoms with Crippen molar-refractivity contribution in [3.05, 3.63) is 65.2 Å². The summed E-state index contributed by atoms with van der Waals surface area (Å²) in [4.78, 5) is 12.8. The van der Waals surface area contributed by atoms with Gasteiger partial charge in [0.05, 0.1) is 0 Å². The number of carbonyl (C=O) groups excluding carboxylic acids is 1. The van der Waals surface area contributed by atoms with Gasteiger partial charge in [0.2, 0.25) is 0 Å². The van der Waals surface area contributed by atoms with Crippen molar-refractivity contribution < 1.29 is 22.7 Å². The lowest BCUT2D eigenvalue weighted by atomic mass is 9.87. The van der Waals surface area contributed by atoms with Crippen molar-refractivity contribution >= 4 is 33.2 Å². The Morgan fingerprint density at radius 2 is 2.00 bits per heavy atom. The van der Waals surface area contributed by atoms with Gasteiger partial charge in [0.15, 0.2) is 0 Å². The quantitative estimate of drug-likeness (QED) is 0.647. The lowest BCUT2D eigenvalue weighted by Gasteiger charge is -2.29. The first-order valence-electron chi connectivity index (χ1n) is 7.60. The van der Waals surface area contributed by atoms with Crippen molar-refractivity contribution in [1.29, 1.82) is 0 Å². The van der Waals surface area contributed by atoms with Crippen molar-refractivity contribution in [2.24, 2.45) is 0 Å². The zero-order chi connectivity index (χ0) is 18.9. The maximum absolute atomic E-state index is 12.8. The van der Waals surface area contributed by atoms with E-state index in [0.29, 0.717) is 21.4 Å². The van der Waals surface area contributed by atoms with Gasteiger partial charge in [-0.05, 0) is 46.3 Å². The molecule has 26 heavy (non-hydrogen) atoms. The van der Waals surface area contributed by atoms with Crippen LogP contribution >= 0.6 is 15.9 Å². The zero-order valence-corrected chi connectivity index (χ0v) is 14.9. The molecule has 1 atom stereocenters. The Morgan fingerprint density at radius 1 is 1.27 bits per heavy atom. The van der Waals surface area contributed by atoms with Crippen molar-refractivity contribution in [2.45, 2.75) is 18.3 Å². The van der Waals surface area contributed by atoms with E-state index in [0.717, 1.165) is 6.07 Å². The summed E-state index contributed by atoms with van der Waals surface area (Å²) in [5, 5.41) is 5.85. The van der Waals surface area contributed by atoms with Gasteiger partial charge in [-0.25, -0.2) is 0 Å². The molecule has 1 aliphatic heterocycles. The predicted octanol–water partition coefficient (Wildman–Crippen LogP) is 5.18. The number of hydrogen-bond donors (Lipinski definition) is 2. The first-order valence-corrected chi connectivity index (χ1v) is 8.40. The summed E-state index contributed by atoms with van der Waals surface area (Å²) in [6, 6.07) is 10.9. The monoisotopic (exact) mass is 426 g/mol. The molecule has 0 radical (unpaired) electrons. The molecule has 2 aromatic carbocycles. The summed E-state index contributed by atoms with van der Waals surface area (Å²) < 4.78 is 42.4. The zero-order valence-electron chi connectivity index (χ0n) is 13.4. The van der Waals surface area contributed by atoms with Gasteiger partial charge in [-0.2, -0.15) is 0 Å². The summed E-state index contributed by atoms with van der Waals surface area (Å²) in [6.07, 6.45) is -3.11. The van der Waals surface area contributed by atoms with E-state index in [9.17, 15) is 18.0 Å². The smallest absolute Gasteiger partial charge is 0.406 e. The molecule has 2 N–H and O–H groups in total. The van der Waals surface area contributed by atoms with E-state index < -0.39 is 17.7 Å². The molecule has 0 aliphatic carbocycles. The summed E-state index contributed by atoms with van der Waals surface area (Å²) in [5.41, 5.74) is 0.108. The Kier molecular flexibility index (Phi) is 4.70. The first kappa shape index (κ1) is 18.3. The average Bonchev–Trinajstić information content (AvgIpc) is 2.81. The molecule has 1 amide bonds. The standard InChI is InChI=1S/C18H14BrF3N2O2/c1-2-9-17(24-15-6-4-3-5-13(15)19)12-10-11(26-18(20,21)22)7-8-14(12)23-16(17)25/h2-8,10,24H,1,9H2,(H,23,25). The van der Waals surface area contributed by atoms with Crippen LogP contribution in [0.15, 0.2) is 59.6 Å². The van der Waals surface area contributed by atoms with E-state index in [1.807, 2.05) is 6.07 Å². The normalized spacial score (nSPS) is 18.8. The highest BCUT2D eigenvalue weighted by atomic mass is 79.9. The van der Waals surface area contributed by atoms with E-state index >= 15 is 0 Å². The third-order valence-corrected chi connectivity index (χ3v) is 4.68. The van der Waals surface area contributed by atoms with Gasteiger partial charge >= 0.3 is 6.36 Å². The minimum Gasteiger partial charge on any atom is -0.406 e. The highest BCUT2D eigenvalue weighted by molar-refractivity contribution is 9.10. The molecule has 1 heterocycles. The van der Waals surface area contributed by atoms with Crippen molar-refractivity contribution in [2.75, 3.05) is 10.6 Å². The molecule has 0 bridgehead atoms. The van der Waals surface area contributed by atoms with Crippen LogP contribution in [-0.2, 0) is 10.3 Å². The Labute approximate surface area is 156 Å². The fourth-order valence-electron chi connectivity index (χ4n) is 2.92. The average molecular weight is 427 g/mol. The van der Waals surface area contributed by atoms with Gasteiger partial charge in [0, 0.05) is 27.8 Å². The van der Waals surface area contributed by atoms with Crippen LogP contribution in [0.25, 0.3) is 0 Å². The van der Waals surface area contributed by atoms with Gasteiger partial charge in [0.1, 0.15) is 11.3 Å². The largest absolute Gasteiger partial charge is 0.573 e. The Hall–Kier alpha value is -2.48. The lowest BCUT2D eigenvalue weighted by molar-refractivity contribution is -0.274. The molecule has 8 heteroatoms. The lowest BCUT2D eigenvalue weighted by Crippen LogP contribution is -2.42. The van der Waals surface area contributed by atoms with Crippen LogP contribution in [0.1, 0.15) is 12.0 Å². The molecule has 4 nitrogen and oxygen atoms in total. The van der Waals surface area contributed by atoms with Gasteiger partial charge in [-0.3, -0.25) is 4.79 Å². The maximum atomic E-state index is 12.8. The molecule has 0 aromatic heterocycles. The topological polar surface area (TPSA) is 50.4 Å². The van der Waals surface area contributed by atoms with E-state index in [-0.39, 0.29) is 12.3 Å². The number of benzene rings is 2. The summed E-state index contributed by atoms with van der Waals surface area (Å²) in [7, 11) is 0. The van der Waals surface area contributed by atoms with Crippen LogP contribution in [-0.4, -0.2) is 12.3 Å². The van der Waals surface area contributed by atoms with Gasteiger partial charge < -0.3 is 15.4 Å². The predicted molar refractivity (Wildman–Crippen MR) is 96.0 cm³/mol. The maximum Gasteiger partial charge on any atom is 0.573 e. The minimum absolute atomic E-state index is 0.169. The number of ether oxygens (including phenoxy) is 1. The second-order valence-electron chi connectivity index (χ2n) is 5.71. The fraction of sp³-hybridized carbons (Fsp3) is 0.167. The number of alkyl halides is 3. The van der Waals surface area contributed by atoms with Crippen molar-refractivity contribution in [3.63, 3.8) is 0 Å². The van der Waals surface area contributed by atoms with E-state index in [2.05, 4.69) is 37.9 Å². The number of hydrogen-bond acceptors (Lipinski definition) is 3. The van der Waals surface area contributed by atoms with Crippen LogP contribution < -0.4 is 15.4 Å². The number of nitrogens with one attached hydrogen (secondary N) is 2. The Balaban J connectivity index is 2.09. The fourth-order valence-corrected chi connectivity index (χ4v) is 3.30. The number of halogens is 4. The Bertz CT molecular complexity index is 870. The molecule has 0 saturated heterocycles. The van der Waals surface area contributed by atoms with Crippen LogP contribution in [0, 0.1) is 0 Å². The molecule has 1 aliphatic rings. The molecule has 136 valence electrons. The van der Waals surface area contributed by atoms with E-state index in [1.165, 1.54) is 18.2 Å². The van der Waals surface area contributed by atoms with Gasteiger partial charge in [-0.1, -0.05) is 18.2 Å². The van der Waals surface area contributed by atoms with Crippen LogP contribution in [0.4, 0.5) is 24.5 Å². The highest BCUT2D eigenvalue weighted by Gasteiger charge is 2.47. The third-order valence-electron chi connectivity index (χ3n) is 3.99. The van der Waals surface area contributed by atoms with E-state index in [4.69, 9.17) is 0 Å². The molecule has 0 fully saturated rings. The first-order chi connectivity index (χ1) is 12.2.